The zero-order valence-corrected chi connectivity index (χ0v) is 11.7. The first-order valence-corrected chi connectivity index (χ1v) is 7.28. The van der Waals surface area contributed by atoms with Crippen LogP contribution < -0.4 is 5.32 Å². The van der Waals surface area contributed by atoms with Crippen molar-refractivity contribution in [2.45, 2.75) is 44.8 Å². The lowest BCUT2D eigenvalue weighted by Gasteiger charge is -2.22. The molecule has 2 rings (SSSR count). The molecular weight excluding hydrogens is 246 g/mol. The van der Waals surface area contributed by atoms with Gasteiger partial charge in [0.25, 0.3) is 0 Å². The third-order valence-corrected chi connectivity index (χ3v) is 3.65. The van der Waals surface area contributed by atoms with Gasteiger partial charge in [-0.15, -0.1) is 0 Å². The summed E-state index contributed by atoms with van der Waals surface area (Å²) in [7, 11) is 0. The van der Waals surface area contributed by atoms with Crippen molar-refractivity contribution in [3.05, 3.63) is 34.9 Å². The highest BCUT2D eigenvalue weighted by Crippen LogP contribution is 2.26. The molecule has 0 aliphatic carbocycles. The summed E-state index contributed by atoms with van der Waals surface area (Å²) in [4.78, 5) is 0. The van der Waals surface area contributed by atoms with Gasteiger partial charge in [-0.1, -0.05) is 30.7 Å². The van der Waals surface area contributed by atoms with Gasteiger partial charge in [-0.05, 0) is 49.9 Å². The fourth-order valence-corrected chi connectivity index (χ4v) is 2.67. The summed E-state index contributed by atoms with van der Waals surface area (Å²) >= 11 is 6.08. The van der Waals surface area contributed by atoms with E-state index in [1.165, 1.54) is 18.4 Å². The summed E-state index contributed by atoms with van der Waals surface area (Å²) < 4.78 is 5.74. The number of hydrogen-bond donors (Lipinski definition) is 1. The van der Waals surface area contributed by atoms with Crippen LogP contribution in [0.4, 0.5) is 0 Å². The highest BCUT2D eigenvalue weighted by atomic mass is 35.5. The van der Waals surface area contributed by atoms with Crippen molar-refractivity contribution in [2.24, 2.45) is 0 Å². The van der Waals surface area contributed by atoms with E-state index in [9.17, 15) is 0 Å². The minimum absolute atomic E-state index is 0.353. The zero-order valence-electron chi connectivity index (χ0n) is 11.0. The van der Waals surface area contributed by atoms with E-state index in [-0.39, 0.29) is 0 Å². The number of hydrogen-bond acceptors (Lipinski definition) is 2. The summed E-state index contributed by atoms with van der Waals surface area (Å²) in [6.45, 7) is 4.14. The van der Waals surface area contributed by atoms with Crippen LogP contribution >= 0.6 is 11.6 Å². The van der Waals surface area contributed by atoms with Crippen LogP contribution in [0.2, 0.25) is 5.02 Å². The predicted molar refractivity (Wildman–Crippen MR) is 76.1 cm³/mol. The van der Waals surface area contributed by atoms with E-state index in [2.05, 4.69) is 24.4 Å². The van der Waals surface area contributed by atoms with Crippen molar-refractivity contribution in [3.8, 4) is 0 Å². The highest BCUT2D eigenvalue weighted by Gasteiger charge is 2.21. The molecule has 0 bridgehead atoms. The molecule has 100 valence electrons. The van der Waals surface area contributed by atoms with Crippen LogP contribution in [0.5, 0.6) is 0 Å². The maximum Gasteiger partial charge on any atom is 0.0594 e. The normalized spacial score (nSPS) is 21.1. The first-order valence-electron chi connectivity index (χ1n) is 6.90. The third kappa shape index (κ3) is 3.98. The average Bonchev–Trinajstić information content (AvgIpc) is 2.87. The van der Waals surface area contributed by atoms with Gasteiger partial charge in [0.2, 0.25) is 0 Å². The molecule has 1 saturated heterocycles. The highest BCUT2D eigenvalue weighted by molar-refractivity contribution is 6.30. The van der Waals surface area contributed by atoms with E-state index in [0.29, 0.717) is 12.1 Å². The smallest absolute Gasteiger partial charge is 0.0594 e. The van der Waals surface area contributed by atoms with Gasteiger partial charge in [-0.25, -0.2) is 0 Å². The van der Waals surface area contributed by atoms with Gasteiger partial charge in [-0.2, -0.15) is 0 Å². The minimum atomic E-state index is 0.353. The molecule has 0 radical (unpaired) electrons. The van der Waals surface area contributed by atoms with Gasteiger partial charge in [0.05, 0.1) is 6.10 Å². The quantitative estimate of drug-likeness (QED) is 0.843. The Labute approximate surface area is 115 Å². The Morgan fingerprint density at radius 2 is 2.39 bits per heavy atom. The molecule has 2 unspecified atom stereocenters. The maximum atomic E-state index is 6.08. The van der Waals surface area contributed by atoms with Crippen LogP contribution in [0.1, 0.15) is 44.2 Å². The second-order valence-electron chi connectivity index (χ2n) is 4.93. The number of rotatable bonds is 6. The van der Waals surface area contributed by atoms with Crippen LogP contribution in [0.3, 0.4) is 0 Å². The Morgan fingerprint density at radius 1 is 1.50 bits per heavy atom. The van der Waals surface area contributed by atoms with Crippen LogP contribution in [-0.2, 0) is 4.74 Å². The molecule has 3 heteroatoms. The molecule has 2 atom stereocenters. The van der Waals surface area contributed by atoms with Crippen LogP contribution in [-0.4, -0.2) is 19.3 Å². The molecule has 0 spiro atoms. The van der Waals surface area contributed by atoms with Gasteiger partial charge in [0.1, 0.15) is 0 Å². The summed E-state index contributed by atoms with van der Waals surface area (Å²) in [6, 6.07) is 8.51. The van der Waals surface area contributed by atoms with Crippen LogP contribution in [0.15, 0.2) is 24.3 Å². The van der Waals surface area contributed by atoms with Gasteiger partial charge in [0, 0.05) is 17.7 Å². The fourth-order valence-electron chi connectivity index (χ4n) is 2.47. The zero-order chi connectivity index (χ0) is 12.8. The van der Waals surface area contributed by atoms with Crippen LogP contribution in [0, 0.1) is 0 Å². The Bertz CT molecular complexity index is 363. The lowest BCUT2D eigenvalue weighted by molar-refractivity contribution is 0.0946. The second-order valence-corrected chi connectivity index (χ2v) is 5.37. The topological polar surface area (TPSA) is 21.3 Å². The van der Waals surface area contributed by atoms with E-state index in [1.54, 1.807) is 0 Å². The van der Waals surface area contributed by atoms with Crippen molar-refractivity contribution in [2.75, 3.05) is 13.2 Å². The summed E-state index contributed by atoms with van der Waals surface area (Å²) in [5, 5.41) is 4.41. The van der Waals surface area contributed by atoms with E-state index >= 15 is 0 Å². The monoisotopic (exact) mass is 267 g/mol. The molecule has 1 aromatic rings. The number of ether oxygens (including phenoxy) is 1. The maximum absolute atomic E-state index is 6.08. The van der Waals surface area contributed by atoms with Crippen LogP contribution in [0.25, 0.3) is 0 Å². The molecule has 1 fully saturated rings. The van der Waals surface area contributed by atoms with Crippen molar-refractivity contribution >= 4 is 11.6 Å². The molecule has 1 aliphatic rings. The van der Waals surface area contributed by atoms with E-state index < -0.39 is 0 Å². The van der Waals surface area contributed by atoms with E-state index in [4.69, 9.17) is 16.3 Å². The largest absolute Gasteiger partial charge is 0.378 e. The Kier molecular flexibility index (Phi) is 5.48. The lowest BCUT2D eigenvalue weighted by atomic mass is 9.99. The van der Waals surface area contributed by atoms with Crippen molar-refractivity contribution in [1.82, 2.24) is 5.32 Å². The molecule has 1 heterocycles. The van der Waals surface area contributed by atoms with Gasteiger partial charge >= 0.3 is 0 Å². The Morgan fingerprint density at radius 3 is 3.06 bits per heavy atom. The van der Waals surface area contributed by atoms with Gasteiger partial charge < -0.3 is 10.1 Å². The molecule has 1 N–H and O–H groups in total. The first-order chi connectivity index (χ1) is 8.79. The van der Waals surface area contributed by atoms with Crippen molar-refractivity contribution in [3.63, 3.8) is 0 Å². The van der Waals surface area contributed by atoms with Crippen molar-refractivity contribution in [1.29, 1.82) is 0 Å². The molecule has 1 aromatic carbocycles. The Balaban J connectivity index is 2.03. The number of nitrogens with one attached hydrogen (secondary N) is 1. The first kappa shape index (κ1) is 13.9. The molecule has 1 aliphatic heterocycles. The molecule has 18 heavy (non-hydrogen) atoms. The van der Waals surface area contributed by atoms with Gasteiger partial charge in [0.15, 0.2) is 0 Å². The van der Waals surface area contributed by atoms with Crippen molar-refractivity contribution < 1.29 is 4.74 Å². The number of benzene rings is 1. The summed E-state index contributed by atoms with van der Waals surface area (Å²) in [5.41, 5.74) is 1.27. The lowest BCUT2D eigenvalue weighted by Crippen LogP contribution is -2.26. The Hall–Kier alpha value is -0.570. The average molecular weight is 268 g/mol. The third-order valence-electron chi connectivity index (χ3n) is 3.41. The summed E-state index contributed by atoms with van der Waals surface area (Å²) in [5.74, 6) is 0. The SMILES string of the molecule is CCCNC(CC1CCCO1)c1cccc(Cl)c1. The molecule has 0 aromatic heterocycles. The molecular formula is C15H22ClNO. The molecule has 0 amide bonds. The fraction of sp³-hybridized carbons (Fsp3) is 0.600. The molecule has 2 nitrogen and oxygen atoms in total. The minimum Gasteiger partial charge on any atom is -0.378 e. The molecule has 0 saturated carbocycles. The van der Waals surface area contributed by atoms with E-state index in [0.717, 1.165) is 31.0 Å². The second kappa shape index (κ2) is 7.13. The number of halogens is 1. The van der Waals surface area contributed by atoms with E-state index in [1.807, 2.05) is 12.1 Å². The van der Waals surface area contributed by atoms with Gasteiger partial charge in [-0.3, -0.25) is 0 Å². The standard InChI is InChI=1S/C15H22ClNO/c1-2-8-17-15(11-14-7-4-9-18-14)12-5-3-6-13(16)10-12/h3,5-6,10,14-15,17H,2,4,7-9,11H2,1H3. The predicted octanol–water partition coefficient (Wildman–Crippen LogP) is 3.95. The summed E-state index contributed by atoms with van der Waals surface area (Å²) in [6.07, 6.45) is 4.97.